The van der Waals surface area contributed by atoms with Gasteiger partial charge in [-0.2, -0.15) is 10.4 Å². The highest BCUT2D eigenvalue weighted by atomic mass is 16.5. The van der Waals surface area contributed by atoms with Crippen LogP contribution in [-0.2, 0) is 16.1 Å². The van der Waals surface area contributed by atoms with Gasteiger partial charge in [0.15, 0.2) is 0 Å². The number of pyridine rings is 1. The third-order valence-corrected chi connectivity index (χ3v) is 7.17. The number of aryl methyl sites for hydroxylation is 1. The number of nitrogens with zero attached hydrogens (tertiary/aromatic N) is 5. The quantitative estimate of drug-likeness (QED) is 0.138. The van der Waals surface area contributed by atoms with Crippen molar-refractivity contribution < 1.29 is 14.3 Å². The van der Waals surface area contributed by atoms with Crippen LogP contribution in [0, 0.1) is 18.3 Å². The van der Waals surface area contributed by atoms with E-state index in [9.17, 15) is 14.9 Å². The minimum absolute atomic E-state index is 0.00996. The molecule has 4 aromatic rings. The first-order chi connectivity index (χ1) is 20.4. The van der Waals surface area contributed by atoms with Gasteiger partial charge in [0.05, 0.1) is 18.8 Å². The first-order valence-corrected chi connectivity index (χ1v) is 13.9. The smallest absolute Gasteiger partial charge is 0.271 e. The minimum atomic E-state index is -0.615. The van der Waals surface area contributed by atoms with E-state index in [0.29, 0.717) is 29.0 Å². The Morgan fingerprint density at radius 3 is 2.52 bits per heavy atom. The van der Waals surface area contributed by atoms with Crippen molar-refractivity contribution in [3.63, 3.8) is 0 Å². The van der Waals surface area contributed by atoms with Gasteiger partial charge in [-0.15, -0.1) is 0 Å². The largest absolute Gasteiger partial charge is 0.494 e. The third kappa shape index (κ3) is 5.77. The van der Waals surface area contributed by atoms with Gasteiger partial charge in [0.1, 0.15) is 23.1 Å². The normalized spacial score (nSPS) is 14.4. The molecule has 1 aliphatic heterocycles. The second-order valence-corrected chi connectivity index (χ2v) is 10.1. The molecule has 2 amide bonds. The van der Waals surface area contributed by atoms with Crippen molar-refractivity contribution in [1.29, 1.82) is 5.26 Å². The SMILES string of the molecule is CCCCOc1ccc(-c2nn(-c3ccccc3)cc2/C=C2/C(=O)N(Cc3cccnc3)C(=O)C(C#N)=C2C)c(C)c1. The van der Waals surface area contributed by atoms with Crippen molar-refractivity contribution >= 4 is 17.9 Å². The summed E-state index contributed by atoms with van der Waals surface area (Å²) in [4.78, 5) is 32.2. The van der Waals surface area contributed by atoms with Crippen LogP contribution in [0.25, 0.3) is 23.0 Å². The first-order valence-electron chi connectivity index (χ1n) is 13.9. The average Bonchev–Trinajstić information content (AvgIpc) is 3.42. The molecule has 0 saturated carbocycles. The van der Waals surface area contributed by atoms with E-state index in [-0.39, 0.29) is 17.7 Å². The third-order valence-electron chi connectivity index (χ3n) is 7.17. The zero-order valence-electron chi connectivity index (χ0n) is 23.9. The standard InChI is InChI=1S/C34H31N5O3/c1-4-5-16-42-28-13-14-29(23(2)17-28)32-26(22-39(37-32)27-11-7-6-8-12-27)18-30-24(3)31(19-35)34(41)38(33(30)40)21-25-10-9-15-36-20-25/h6-15,17-18,20,22H,4-5,16,21H2,1-3H3/b30-18+. The Hall–Kier alpha value is -5.29. The maximum Gasteiger partial charge on any atom is 0.271 e. The molecule has 8 heteroatoms. The molecule has 0 radical (unpaired) electrons. The predicted octanol–water partition coefficient (Wildman–Crippen LogP) is 6.21. The highest BCUT2D eigenvalue weighted by Crippen LogP contribution is 2.34. The van der Waals surface area contributed by atoms with Gasteiger partial charge in [-0.05, 0) is 79.4 Å². The fourth-order valence-corrected chi connectivity index (χ4v) is 4.84. The summed E-state index contributed by atoms with van der Waals surface area (Å²) in [5.74, 6) is -0.303. The lowest BCUT2D eigenvalue weighted by molar-refractivity contribution is -0.141. The summed E-state index contributed by atoms with van der Waals surface area (Å²) in [5, 5.41) is 14.8. The van der Waals surface area contributed by atoms with E-state index in [2.05, 4.69) is 11.9 Å². The molecule has 2 aromatic heterocycles. The average molecular weight is 558 g/mol. The van der Waals surface area contributed by atoms with Gasteiger partial charge in [-0.1, -0.05) is 37.6 Å². The number of carbonyl (C=O) groups is 2. The van der Waals surface area contributed by atoms with E-state index >= 15 is 0 Å². The number of aromatic nitrogens is 3. The number of benzene rings is 2. The number of hydrogen-bond acceptors (Lipinski definition) is 6. The summed E-state index contributed by atoms with van der Waals surface area (Å²) < 4.78 is 7.67. The number of rotatable bonds is 9. The van der Waals surface area contributed by atoms with Crippen molar-refractivity contribution in [1.82, 2.24) is 19.7 Å². The minimum Gasteiger partial charge on any atom is -0.494 e. The van der Waals surface area contributed by atoms with Gasteiger partial charge in [-0.3, -0.25) is 19.5 Å². The maximum absolute atomic E-state index is 13.8. The molecule has 0 N–H and O–H groups in total. The molecular formula is C34H31N5O3. The van der Waals surface area contributed by atoms with Crippen LogP contribution in [0.1, 0.15) is 43.4 Å². The molecule has 0 aliphatic carbocycles. The Morgan fingerprint density at radius 1 is 1.02 bits per heavy atom. The summed E-state index contributed by atoms with van der Waals surface area (Å²) in [7, 11) is 0. The summed E-state index contributed by atoms with van der Waals surface area (Å²) in [5.41, 5.74) is 5.27. The van der Waals surface area contributed by atoms with Gasteiger partial charge in [0, 0.05) is 35.3 Å². The number of para-hydroxylation sites is 1. The van der Waals surface area contributed by atoms with Crippen LogP contribution >= 0.6 is 0 Å². The summed E-state index contributed by atoms with van der Waals surface area (Å²) >= 11 is 0. The molecule has 0 fully saturated rings. The van der Waals surface area contributed by atoms with Gasteiger partial charge >= 0.3 is 0 Å². The molecule has 0 saturated heterocycles. The number of nitriles is 1. The predicted molar refractivity (Wildman–Crippen MR) is 160 cm³/mol. The molecule has 0 unspecified atom stereocenters. The Bertz CT molecular complexity index is 1730. The van der Waals surface area contributed by atoms with E-state index < -0.39 is 11.8 Å². The van der Waals surface area contributed by atoms with Gasteiger partial charge in [0.25, 0.3) is 11.8 Å². The second-order valence-electron chi connectivity index (χ2n) is 10.1. The summed E-state index contributed by atoms with van der Waals surface area (Å²) in [6, 6.07) is 21.1. The fourth-order valence-electron chi connectivity index (χ4n) is 4.84. The van der Waals surface area contributed by atoms with Crippen LogP contribution in [0.5, 0.6) is 5.75 Å². The lowest BCUT2D eigenvalue weighted by Gasteiger charge is -2.27. The number of ether oxygens (including phenoxy) is 1. The molecule has 2 aromatic carbocycles. The van der Waals surface area contributed by atoms with Gasteiger partial charge in [0.2, 0.25) is 0 Å². The molecule has 0 atom stereocenters. The number of hydrogen-bond donors (Lipinski definition) is 0. The van der Waals surface area contributed by atoms with Crippen molar-refractivity contribution in [2.24, 2.45) is 0 Å². The zero-order valence-corrected chi connectivity index (χ0v) is 23.9. The lowest BCUT2D eigenvalue weighted by atomic mass is 9.92. The van der Waals surface area contributed by atoms with Crippen LogP contribution in [0.2, 0.25) is 0 Å². The number of amides is 2. The van der Waals surface area contributed by atoms with Crippen LogP contribution in [0.15, 0.2) is 96.0 Å². The number of carbonyl (C=O) groups excluding carboxylic acids is 2. The highest BCUT2D eigenvalue weighted by Gasteiger charge is 2.36. The molecule has 5 rings (SSSR count). The van der Waals surface area contributed by atoms with Crippen molar-refractivity contribution in [2.45, 2.75) is 40.2 Å². The summed E-state index contributed by atoms with van der Waals surface area (Å²) in [6.07, 6.45) is 8.84. The molecule has 210 valence electrons. The second kappa shape index (κ2) is 12.5. The zero-order chi connectivity index (χ0) is 29.6. The fraction of sp³-hybridized carbons (Fsp3) is 0.206. The molecular weight excluding hydrogens is 526 g/mol. The topological polar surface area (TPSA) is 101 Å². The highest BCUT2D eigenvalue weighted by molar-refractivity contribution is 6.19. The molecule has 0 spiro atoms. The van der Waals surface area contributed by atoms with E-state index in [0.717, 1.165) is 40.3 Å². The molecule has 8 nitrogen and oxygen atoms in total. The van der Waals surface area contributed by atoms with Crippen LogP contribution in [0.3, 0.4) is 0 Å². The molecule has 3 heterocycles. The Labute approximate surface area is 245 Å². The Morgan fingerprint density at radius 2 is 1.83 bits per heavy atom. The maximum atomic E-state index is 13.8. The van der Waals surface area contributed by atoms with E-state index in [1.54, 1.807) is 42.2 Å². The summed E-state index contributed by atoms with van der Waals surface area (Å²) in [6.45, 7) is 6.42. The van der Waals surface area contributed by atoms with Crippen LogP contribution in [-0.4, -0.2) is 38.1 Å². The van der Waals surface area contributed by atoms with E-state index in [1.807, 2.05) is 67.7 Å². The van der Waals surface area contributed by atoms with Crippen molar-refractivity contribution in [3.05, 3.63) is 113 Å². The Balaban J connectivity index is 1.62. The molecule has 0 bridgehead atoms. The van der Waals surface area contributed by atoms with E-state index in [4.69, 9.17) is 9.84 Å². The van der Waals surface area contributed by atoms with Crippen molar-refractivity contribution in [3.8, 4) is 28.8 Å². The van der Waals surface area contributed by atoms with Crippen molar-refractivity contribution in [2.75, 3.05) is 6.61 Å². The van der Waals surface area contributed by atoms with Crippen LogP contribution in [0.4, 0.5) is 0 Å². The molecule has 42 heavy (non-hydrogen) atoms. The number of unbranched alkanes of at least 4 members (excludes halogenated alkanes) is 1. The van der Waals surface area contributed by atoms with Gasteiger partial charge < -0.3 is 4.74 Å². The van der Waals surface area contributed by atoms with E-state index in [1.165, 1.54) is 0 Å². The lowest BCUT2D eigenvalue weighted by Crippen LogP contribution is -2.42. The first kappa shape index (κ1) is 28.2. The van der Waals surface area contributed by atoms with Crippen LogP contribution < -0.4 is 4.74 Å². The molecule has 1 aliphatic rings. The van der Waals surface area contributed by atoms with Gasteiger partial charge in [-0.25, -0.2) is 4.68 Å². The Kier molecular flexibility index (Phi) is 8.39. The number of imide groups is 1. The monoisotopic (exact) mass is 557 g/mol.